The van der Waals surface area contributed by atoms with Crippen LogP contribution in [0.4, 0.5) is 5.69 Å². The lowest BCUT2D eigenvalue weighted by Gasteiger charge is -2.40. The second-order valence-corrected chi connectivity index (χ2v) is 9.98. The van der Waals surface area contributed by atoms with Crippen LogP contribution in [-0.4, -0.2) is 74.8 Å². The first-order chi connectivity index (χ1) is 19.7. The molecule has 3 aromatic rings. The monoisotopic (exact) mass is 579 g/mol. The molecule has 0 N–H and O–H groups in total. The summed E-state index contributed by atoms with van der Waals surface area (Å²) in [6, 6.07) is 12.5. The Kier molecular flexibility index (Phi) is 9.28. The van der Waals surface area contributed by atoms with Gasteiger partial charge in [-0.2, -0.15) is 0 Å². The van der Waals surface area contributed by atoms with E-state index in [9.17, 15) is 24.5 Å². The fourth-order valence-electron chi connectivity index (χ4n) is 4.75. The van der Waals surface area contributed by atoms with Crippen LogP contribution in [0.25, 0.3) is 11.4 Å². The van der Waals surface area contributed by atoms with Crippen molar-refractivity contribution >= 4 is 35.1 Å². The number of aromatic nitrogens is 2. The van der Waals surface area contributed by atoms with Gasteiger partial charge >= 0.3 is 5.97 Å². The van der Waals surface area contributed by atoms with E-state index in [1.54, 1.807) is 23.6 Å². The zero-order valence-electron chi connectivity index (χ0n) is 23.0. The number of piperazine rings is 1. The number of halogens is 1. The molecule has 2 amide bonds. The number of carbonyl (C=O) groups is 3. The molecule has 214 valence electrons. The summed E-state index contributed by atoms with van der Waals surface area (Å²) >= 11 is 6.20. The van der Waals surface area contributed by atoms with E-state index in [-0.39, 0.29) is 53.8 Å². The van der Waals surface area contributed by atoms with Crippen LogP contribution in [0.15, 0.2) is 48.5 Å². The molecular formula is C29H30ClN5O6. The molecule has 12 heteroatoms. The van der Waals surface area contributed by atoms with Crippen molar-refractivity contribution in [3.05, 3.63) is 86.2 Å². The maximum absolute atomic E-state index is 14.0. The Morgan fingerprint density at radius 1 is 1.07 bits per heavy atom. The number of esters is 1. The molecule has 1 atom stereocenters. The predicted molar refractivity (Wildman–Crippen MR) is 152 cm³/mol. The normalized spacial score (nSPS) is 15.0. The van der Waals surface area contributed by atoms with Crippen molar-refractivity contribution in [1.29, 1.82) is 0 Å². The Bertz CT molecular complexity index is 1480. The van der Waals surface area contributed by atoms with Gasteiger partial charge in [-0.15, -0.1) is 0 Å². The average molecular weight is 580 g/mol. The number of carbonyl (C=O) groups excluding carboxylic acids is 3. The Morgan fingerprint density at radius 2 is 1.80 bits per heavy atom. The largest absolute Gasteiger partial charge is 0.462 e. The number of rotatable bonds is 8. The molecule has 0 bridgehead atoms. The molecule has 2 aromatic carbocycles. The zero-order chi connectivity index (χ0) is 29.7. The van der Waals surface area contributed by atoms with Crippen LogP contribution < -0.4 is 0 Å². The quantitative estimate of drug-likeness (QED) is 0.210. The third-order valence-corrected chi connectivity index (χ3v) is 7.07. The lowest BCUT2D eigenvalue weighted by atomic mass is 10.0. The molecule has 0 spiro atoms. The van der Waals surface area contributed by atoms with Crippen molar-refractivity contribution in [1.82, 2.24) is 19.8 Å². The highest BCUT2D eigenvalue weighted by Gasteiger charge is 2.35. The number of nitrogens with zero attached hydrogens (tertiary/aromatic N) is 5. The number of nitro benzene ring substituents is 1. The van der Waals surface area contributed by atoms with Crippen LogP contribution in [0.5, 0.6) is 0 Å². The van der Waals surface area contributed by atoms with Gasteiger partial charge in [-0.05, 0) is 26.3 Å². The summed E-state index contributed by atoms with van der Waals surface area (Å²) in [7, 11) is 0. The highest BCUT2D eigenvalue weighted by atomic mass is 35.5. The Hall–Kier alpha value is -4.38. The summed E-state index contributed by atoms with van der Waals surface area (Å²) in [5.74, 6) is -1.18. The molecule has 4 rings (SSSR count). The van der Waals surface area contributed by atoms with Gasteiger partial charge in [-0.1, -0.05) is 55.3 Å². The van der Waals surface area contributed by atoms with Crippen LogP contribution in [0.2, 0.25) is 5.02 Å². The second-order valence-electron chi connectivity index (χ2n) is 9.57. The molecule has 1 aliphatic heterocycles. The number of hydrogen-bond acceptors (Lipinski definition) is 8. The van der Waals surface area contributed by atoms with Gasteiger partial charge in [0.15, 0.2) is 5.82 Å². The van der Waals surface area contributed by atoms with Crippen molar-refractivity contribution in [3.63, 3.8) is 0 Å². The smallest absolute Gasteiger partial charge is 0.342 e. The summed E-state index contributed by atoms with van der Waals surface area (Å²) in [6.45, 7) is 6.10. The third-order valence-electron chi connectivity index (χ3n) is 6.75. The van der Waals surface area contributed by atoms with Crippen LogP contribution >= 0.6 is 11.6 Å². The first-order valence-electron chi connectivity index (χ1n) is 13.3. The third kappa shape index (κ3) is 6.35. The molecule has 0 aliphatic carbocycles. The van der Waals surface area contributed by atoms with Crippen molar-refractivity contribution in [2.24, 2.45) is 0 Å². The van der Waals surface area contributed by atoms with Gasteiger partial charge in [-0.25, -0.2) is 14.8 Å². The van der Waals surface area contributed by atoms with E-state index in [4.69, 9.17) is 16.3 Å². The fraction of sp³-hybridized carbons (Fsp3) is 0.345. The van der Waals surface area contributed by atoms with Gasteiger partial charge in [0.2, 0.25) is 0 Å². The van der Waals surface area contributed by atoms with Crippen LogP contribution in [0.3, 0.4) is 0 Å². The first-order valence-corrected chi connectivity index (χ1v) is 13.7. The van der Waals surface area contributed by atoms with Crippen molar-refractivity contribution in [3.8, 4) is 11.4 Å². The topological polar surface area (TPSA) is 136 Å². The van der Waals surface area contributed by atoms with Gasteiger partial charge in [0, 0.05) is 43.4 Å². The van der Waals surface area contributed by atoms with E-state index in [1.807, 2.05) is 37.3 Å². The lowest BCUT2D eigenvalue weighted by Crippen LogP contribution is -2.55. The van der Waals surface area contributed by atoms with E-state index < -0.39 is 28.7 Å². The Balaban J connectivity index is 1.65. The number of ether oxygens (including phenoxy) is 1. The molecule has 1 aromatic heterocycles. The number of hydrogen-bond donors (Lipinski definition) is 0. The fourth-order valence-corrected chi connectivity index (χ4v) is 5.01. The molecule has 0 radical (unpaired) electrons. The predicted octanol–water partition coefficient (Wildman–Crippen LogP) is 4.82. The lowest BCUT2D eigenvalue weighted by molar-refractivity contribution is -0.384. The minimum absolute atomic E-state index is 0.0214. The van der Waals surface area contributed by atoms with Gasteiger partial charge < -0.3 is 14.5 Å². The highest BCUT2D eigenvalue weighted by molar-refractivity contribution is 6.34. The number of nitro groups is 1. The molecule has 41 heavy (non-hydrogen) atoms. The second kappa shape index (κ2) is 12.9. The van der Waals surface area contributed by atoms with Gasteiger partial charge in [-0.3, -0.25) is 19.7 Å². The van der Waals surface area contributed by atoms with Crippen molar-refractivity contribution in [2.75, 3.05) is 26.2 Å². The van der Waals surface area contributed by atoms with Crippen LogP contribution in [0.1, 0.15) is 64.1 Å². The van der Waals surface area contributed by atoms with E-state index in [1.165, 1.54) is 12.1 Å². The molecule has 0 saturated carbocycles. The van der Waals surface area contributed by atoms with Crippen LogP contribution in [0, 0.1) is 10.1 Å². The number of amides is 2. The molecule has 1 saturated heterocycles. The van der Waals surface area contributed by atoms with E-state index >= 15 is 0 Å². The molecule has 1 fully saturated rings. The number of benzene rings is 2. The Morgan fingerprint density at radius 3 is 2.41 bits per heavy atom. The minimum atomic E-state index is -0.659. The summed E-state index contributed by atoms with van der Waals surface area (Å²) < 4.78 is 5.29. The molecular weight excluding hydrogens is 550 g/mol. The maximum Gasteiger partial charge on any atom is 0.342 e. The summed E-state index contributed by atoms with van der Waals surface area (Å²) in [5, 5.41) is 11.0. The van der Waals surface area contributed by atoms with Gasteiger partial charge in [0.1, 0.15) is 11.3 Å². The highest BCUT2D eigenvalue weighted by Crippen LogP contribution is 2.27. The standard InChI is InChI=1S/C29H30ClN5O6/c1-4-9-23-24(29(38)41-5-2)25(32-26(31-23)19-10-7-6-8-11-19)28(37)33-14-15-34(18(3)17-33)27(36)21-13-12-20(35(39)40)16-22(21)30/h6-8,10-13,16,18H,4-5,9,14-15,17H2,1-3H3. The van der Waals surface area contributed by atoms with Gasteiger partial charge in [0.25, 0.3) is 17.5 Å². The van der Waals surface area contributed by atoms with Crippen molar-refractivity contribution in [2.45, 2.75) is 39.7 Å². The number of non-ortho nitro benzene ring substituents is 1. The molecule has 1 aliphatic rings. The SMILES string of the molecule is CCCc1nc(-c2ccccc2)nc(C(=O)N2CCN(C(=O)c3ccc([N+](=O)[O-])cc3Cl)C(C)C2)c1C(=O)OCC. The molecule has 1 unspecified atom stereocenters. The zero-order valence-corrected chi connectivity index (χ0v) is 23.8. The minimum Gasteiger partial charge on any atom is -0.462 e. The van der Waals surface area contributed by atoms with E-state index in [0.29, 0.717) is 29.9 Å². The average Bonchev–Trinajstić information content (AvgIpc) is 2.96. The molecule has 2 heterocycles. The summed E-state index contributed by atoms with van der Waals surface area (Å²) in [4.78, 5) is 63.1. The summed E-state index contributed by atoms with van der Waals surface area (Å²) in [5.41, 5.74) is 1.10. The van der Waals surface area contributed by atoms with E-state index in [2.05, 4.69) is 9.97 Å². The van der Waals surface area contributed by atoms with Gasteiger partial charge in [0.05, 0.1) is 27.8 Å². The Labute approximate surface area is 242 Å². The maximum atomic E-state index is 14.0. The summed E-state index contributed by atoms with van der Waals surface area (Å²) in [6.07, 6.45) is 1.14. The van der Waals surface area contributed by atoms with Crippen LogP contribution in [-0.2, 0) is 11.2 Å². The van der Waals surface area contributed by atoms with E-state index in [0.717, 1.165) is 6.07 Å². The first kappa shape index (κ1) is 29.6. The number of aryl methyl sites for hydroxylation is 1. The van der Waals surface area contributed by atoms with Crippen molar-refractivity contribution < 1.29 is 24.0 Å². The molecule has 11 nitrogen and oxygen atoms in total.